The molecule has 2 rings (SSSR count). The molecule has 0 radical (unpaired) electrons. The van der Waals surface area contributed by atoms with Crippen LogP contribution in [0.4, 0.5) is 5.69 Å². The average Bonchev–Trinajstić information content (AvgIpc) is 2.44. The van der Waals surface area contributed by atoms with Gasteiger partial charge in [-0.15, -0.1) is 11.8 Å². The van der Waals surface area contributed by atoms with E-state index in [-0.39, 0.29) is 4.90 Å². The predicted molar refractivity (Wildman–Crippen MR) is 90.2 cm³/mol. The summed E-state index contributed by atoms with van der Waals surface area (Å²) in [5.41, 5.74) is 1.13. The third kappa shape index (κ3) is 3.66. The molecule has 21 heavy (non-hydrogen) atoms. The molecule has 0 saturated heterocycles. The van der Waals surface area contributed by atoms with E-state index in [1.807, 2.05) is 6.26 Å². The van der Waals surface area contributed by atoms with Crippen LogP contribution in [0.25, 0.3) is 0 Å². The second kappa shape index (κ2) is 6.48. The van der Waals surface area contributed by atoms with Crippen LogP contribution in [0.5, 0.6) is 0 Å². The summed E-state index contributed by atoms with van der Waals surface area (Å²) < 4.78 is 27.7. The third-order valence-electron chi connectivity index (χ3n) is 2.93. The fraction of sp³-hybridized carbons (Fsp3) is 0.143. The first-order valence-corrected chi connectivity index (χ1v) is 9.43. The molecule has 0 heterocycles. The molecule has 0 aliphatic carbocycles. The summed E-state index contributed by atoms with van der Waals surface area (Å²) in [4.78, 5) is 0.786. The Morgan fingerprint density at radius 3 is 2.52 bits per heavy atom. The zero-order valence-electron chi connectivity index (χ0n) is 11.4. The topological polar surface area (TPSA) is 46.2 Å². The van der Waals surface area contributed by atoms with Crippen LogP contribution in [-0.4, -0.2) is 14.7 Å². The first-order valence-electron chi connectivity index (χ1n) is 5.96. The van der Waals surface area contributed by atoms with E-state index < -0.39 is 10.0 Å². The lowest BCUT2D eigenvalue weighted by molar-refractivity contribution is 0.599. The maximum atomic E-state index is 12.6. The van der Waals surface area contributed by atoms with Gasteiger partial charge in [0.15, 0.2) is 0 Å². The number of halogens is 2. The zero-order chi connectivity index (χ0) is 15.6. The van der Waals surface area contributed by atoms with Gasteiger partial charge in [0.25, 0.3) is 10.0 Å². The Labute approximate surface area is 138 Å². The molecule has 0 unspecified atom stereocenters. The summed E-state index contributed by atoms with van der Waals surface area (Å²) in [5.74, 6) is 0. The van der Waals surface area contributed by atoms with Gasteiger partial charge in [-0.25, -0.2) is 8.42 Å². The van der Waals surface area contributed by atoms with Gasteiger partial charge in [-0.3, -0.25) is 4.72 Å². The largest absolute Gasteiger partial charge is 0.279 e. The normalized spacial score (nSPS) is 11.4. The van der Waals surface area contributed by atoms with Gasteiger partial charge in [0.05, 0.1) is 5.69 Å². The van der Waals surface area contributed by atoms with E-state index in [9.17, 15) is 8.42 Å². The number of thioether (sulfide) groups is 1. The Kier molecular flexibility index (Phi) is 5.09. The number of benzene rings is 2. The Hall–Kier alpha value is -0.880. The second-order valence-electron chi connectivity index (χ2n) is 4.31. The van der Waals surface area contributed by atoms with Crippen LogP contribution in [0.3, 0.4) is 0 Å². The van der Waals surface area contributed by atoms with Crippen LogP contribution < -0.4 is 4.72 Å². The lowest BCUT2D eigenvalue weighted by atomic mass is 10.2. The van der Waals surface area contributed by atoms with E-state index in [1.165, 1.54) is 17.8 Å². The van der Waals surface area contributed by atoms with Gasteiger partial charge in [0.2, 0.25) is 0 Å². The van der Waals surface area contributed by atoms with Gasteiger partial charge in [0, 0.05) is 14.9 Å². The molecule has 0 spiro atoms. The van der Waals surface area contributed by atoms with Gasteiger partial charge < -0.3 is 0 Å². The lowest BCUT2D eigenvalue weighted by Gasteiger charge is -2.13. The van der Waals surface area contributed by atoms with Crippen LogP contribution in [0.1, 0.15) is 5.56 Å². The minimum atomic E-state index is -3.73. The Balaban J connectivity index is 2.48. The van der Waals surface area contributed by atoms with Gasteiger partial charge in [0.1, 0.15) is 4.90 Å². The van der Waals surface area contributed by atoms with Gasteiger partial charge in [-0.2, -0.15) is 0 Å². The molecule has 0 saturated carbocycles. The second-order valence-corrected chi connectivity index (χ2v) is 7.66. The predicted octanol–water partition coefficient (Wildman–Crippen LogP) is 4.82. The number of rotatable bonds is 4. The quantitative estimate of drug-likeness (QED) is 0.793. The van der Waals surface area contributed by atoms with Crippen molar-refractivity contribution in [2.75, 3.05) is 11.0 Å². The summed E-state index contributed by atoms with van der Waals surface area (Å²) in [6.45, 7) is 1.76. The van der Waals surface area contributed by atoms with Crippen LogP contribution >= 0.6 is 35.0 Å². The van der Waals surface area contributed by atoms with Crippen molar-refractivity contribution in [1.82, 2.24) is 0 Å². The molecule has 0 aliphatic heterocycles. The maximum absolute atomic E-state index is 12.6. The van der Waals surface area contributed by atoms with Crippen molar-refractivity contribution in [2.45, 2.75) is 16.7 Å². The molecule has 0 amide bonds. The molecule has 1 N–H and O–H groups in total. The molecular formula is C14H13Cl2NO2S2. The average molecular weight is 362 g/mol. The summed E-state index contributed by atoms with van der Waals surface area (Å²) >= 11 is 13.3. The van der Waals surface area contributed by atoms with E-state index >= 15 is 0 Å². The fourth-order valence-corrected chi connectivity index (χ4v) is 4.47. The molecule has 112 valence electrons. The van der Waals surface area contributed by atoms with E-state index in [1.54, 1.807) is 37.3 Å². The molecule has 7 heteroatoms. The van der Waals surface area contributed by atoms with Crippen molar-refractivity contribution in [3.05, 3.63) is 52.0 Å². The fourth-order valence-electron chi connectivity index (χ4n) is 1.78. The van der Waals surface area contributed by atoms with E-state index in [2.05, 4.69) is 4.72 Å². The number of nitrogens with one attached hydrogen (secondary N) is 1. The molecule has 0 bridgehead atoms. The van der Waals surface area contributed by atoms with E-state index in [0.717, 1.165) is 0 Å². The minimum absolute atomic E-state index is 0.155. The van der Waals surface area contributed by atoms with E-state index in [4.69, 9.17) is 23.2 Å². The smallest absolute Gasteiger partial charge is 0.263 e. The molecule has 0 atom stereocenters. The minimum Gasteiger partial charge on any atom is -0.279 e. The number of hydrogen-bond acceptors (Lipinski definition) is 3. The third-order valence-corrected chi connectivity index (χ3v) is 5.90. The molecule has 0 aliphatic rings. The van der Waals surface area contributed by atoms with Crippen LogP contribution in [0, 0.1) is 6.92 Å². The van der Waals surface area contributed by atoms with Crippen LogP contribution in [-0.2, 0) is 10.0 Å². The van der Waals surface area contributed by atoms with Crippen molar-refractivity contribution < 1.29 is 8.42 Å². The Bertz CT molecular complexity index is 777. The van der Waals surface area contributed by atoms with Crippen molar-refractivity contribution in [3.8, 4) is 0 Å². The highest BCUT2D eigenvalue weighted by Gasteiger charge is 2.20. The molecule has 2 aromatic carbocycles. The first-order chi connectivity index (χ1) is 9.85. The SMILES string of the molecule is CSc1ccc(Cl)cc1S(=O)(=O)Nc1cccc(Cl)c1C. The highest BCUT2D eigenvalue weighted by atomic mass is 35.5. The van der Waals surface area contributed by atoms with Crippen molar-refractivity contribution in [1.29, 1.82) is 0 Å². The van der Waals surface area contributed by atoms with Crippen molar-refractivity contribution >= 4 is 50.7 Å². The van der Waals surface area contributed by atoms with E-state index in [0.29, 0.717) is 26.2 Å². The maximum Gasteiger partial charge on any atom is 0.263 e. The summed E-state index contributed by atoms with van der Waals surface area (Å²) in [5, 5.41) is 0.877. The lowest BCUT2D eigenvalue weighted by Crippen LogP contribution is -2.14. The van der Waals surface area contributed by atoms with Gasteiger partial charge in [-0.1, -0.05) is 29.3 Å². The Morgan fingerprint density at radius 1 is 1.14 bits per heavy atom. The number of hydrogen-bond donors (Lipinski definition) is 1. The standard InChI is InChI=1S/C14H13Cl2NO2S2/c1-9-11(16)4-3-5-12(9)17-21(18,19)14-8-10(15)6-7-13(14)20-2/h3-8,17H,1-2H3. The highest BCUT2D eigenvalue weighted by Crippen LogP contribution is 2.31. The Morgan fingerprint density at radius 2 is 1.86 bits per heavy atom. The molecule has 0 fully saturated rings. The molecule has 0 aromatic heterocycles. The highest BCUT2D eigenvalue weighted by molar-refractivity contribution is 7.99. The van der Waals surface area contributed by atoms with Gasteiger partial charge in [-0.05, 0) is 49.1 Å². The van der Waals surface area contributed by atoms with Crippen LogP contribution in [0.2, 0.25) is 10.0 Å². The first kappa shape index (κ1) is 16.5. The summed E-state index contributed by atoms with van der Waals surface area (Å²) in [6, 6.07) is 9.86. The van der Waals surface area contributed by atoms with Gasteiger partial charge >= 0.3 is 0 Å². The molecule has 3 nitrogen and oxygen atoms in total. The molecular weight excluding hydrogens is 349 g/mol. The monoisotopic (exact) mass is 361 g/mol. The number of sulfonamides is 1. The zero-order valence-corrected chi connectivity index (χ0v) is 14.5. The summed E-state index contributed by atoms with van der Waals surface area (Å²) in [6.07, 6.45) is 1.81. The van der Waals surface area contributed by atoms with Crippen molar-refractivity contribution in [3.63, 3.8) is 0 Å². The summed E-state index contributed by atoms with van der Waals surface area (Å²) in [7, 11) is -3.73. The van der Waals surface area contributed by atoms with Crippen molar-refractivity contribution in [2.24, 2.45) is 0 Å². The van der Waals surface area contributed by atoms with Crippen LogP contribution in [0.15, 0.2) is 46.2 Å². The number of anilines is 1. The molecule has 2 aromatic rings.